The number of aliphatic carboxylic acids is 1. The van der Waals surface area contributed by atoms with E-state index >= 15 is 0 Å². The average molecular weight is 291 g/mol. The van der Waals surface area contributed by atoms with E-state index in [2.05, 4.69) is 5.10 Å². The molecule has 1 aromatic heterocycles. The molecule has 102 valence electrons. The summed E-state index contributed by atoms with van der Waals surface area (Å²) < 4.78 is 7.10. The molecule has 0 aromatic carbocycles. The van der Waals surface area contributed by atoms with Gasteiger partial charge in [-0.25, -0.2) is 9.48 Å². The molecule has 0 spiro atoms. The van der Waals surface area contributed by atoms with Gasteiger partial charge in [0.1, 0.15) is 17.7 Å². The Bertz CT molecular complexity index is 684. The maximum Gasteiger partial charge on any atom is 0.353 e. The number of carboxylic acid groups (broad SMARTS) is 1. The monoisotopic (exact) mass is 291 g/mol. The first kappa shape index (κ1) is 11.6. The molecule has 1 atom stereocenters. The zero-order chi connectivity index (χ0) is 13.9. The van der Waals surface area contributed by atoms with E-state index in [1.54, 1.807) is 16.8 Å². The van der Waals surface area contributed by atoms with Gasteiger partial charge in [-0.3, -0.25) is 9.69 Å². The summed E-state index contributed by atoms with van der Waals surface area (Å²) in [7, 11) is 0. The van der Waals surface area contributed by atoms with Gasteiger partial charge in [-0.05, 0) is 6.08 Å². The van der Waals surface area contributed by atoms with Crippen LogP contribution in [0.25, 0.3) is 6.08 Å². The van der Waals surface area contributed by atoms with Gasteiger partial charge in [0.2, 0.25) is 5.88 Å². The first-order valence-electron chi connectivity index (χ1n) is 6.00. The number of carbonyl (C=O) groups excluding carboxylic acids is 1. The van der Waals surface area contributed by atoms with Crippen LogP contribution in [-0.2, 0) is 16.1 Å². The Hall–Kier alpha value is -2.22. The average Bonchev–Trinajstić information content (AvgIpc) is 3.07. The van der Waals surface area contributed by atoms with Gasteiger partial charge in [0.15, 0.2) is 0 Å². The molecule has 8 heteroatoms. The van der Waals surface area contributed by atoms with Crippen LogP contribution in [-0.4, -0.2) is 43.6 Å². The number of amides is 1. The molecule has 4 rings (SSSR count). The summed E-state index contributed by atoms with van der Waals surface area (Å²) in [6.07, 6.45) is 1.70. The van der Waals surface area contributed by atoms with Crippen molar-refractivity contribution in [1.82, 2.24) is 14.7 Å². The number of β-lactam (4-membered cyclic amide) rings is 1. The van der Waals surface area contributed by atoms with Crippen molar-refractivity contribution >= 4 is 29.7 Å². The van der Waals surface area contributed by atoms with E-state index in [1.165, 1.54) is 22.1 Å². The first-order valence-corrected chi connectivity index (χ1v) is 6.94. The summed E-state index contributed by atoms with van der Waals surface area (Å²) in [6, 6.07) is 1.78. The molecule has 3 aliphatic rings. The van der Waals surface area contributed by atoms with Crippen molar-refractivity contribution < 1.29 is 19.4 Å². The smallest absolute Gasteiger partial charge is 0.353 e. The molecule has 3 aliphatic heterocycles. The zero-order valence-electron chi connectivity index (χ0n) is 10.1. The van der Waals surface area contributed by atoms with Crippen molar-refractivity contribution in [3.63, 3.8) is 0 Å². The third-order valence-corrected chi connectivity index (χ3v) is 4.45. The van der Waals surface area contributed by atoms with Crippen molar-refractivity contribution in [2.45, 2.75) is 11.9 Å². The molecule has 0 radical (unpaired) electrons. The molecule has 0 unspecified atom stereocenters. The minimum absolute atomic E-state index is 0.0396. The molecular formula is C12H9N3O4S. The van der Waals surface area contributed by atoms with Gasteiger partial charge < -0.3 is 9.84 Å². The summed E-state index contributed by atoms with van der Waals surface area (Å²) >= 11 is 1.32. The van der Waals surface area contributed by atoms with Gasteiger partial charge >= 0.3 is 5.97 Å². The number of carboxylic acids is 1. The van der Waals surface area contributed by atoms with Crippen LogP contribution in [0.5, 0.6) is 5.88 Å². The van der Waals surface area contributed by atoms with Gasteiger partial charge in [0.25, 0.3) is 5.91 Å². The number of rotatable bonds is 2. The van der Waals surface area contributed by atoms with E-state index in [0.717, 1.165) is 0 Å². The summed E-state index contributed by atoms with van der Waals surface area (Å²) in [4.78, 5) is 24.3. The fourth-order valence-corrected chi connectivity index (χ4v) is 3.55. The Labute approximate surface area is 117 Å². The van der Waals surface area contributed by atoms with Crippen LogP contribution in [0.4, 0.5) is 0 Å². The predicted molar refractivity (Wildman–Crippen MR) is 69.6 cm³/mol. The second-order valence-electron chi connectivity index (χ2n) is 4.55. The molecule has 1 N–H and O–H groups in total. The Kier molecular flexibility index (Phi) is 2.25. The number of ether oxygens (including phenoxy) is 1. The van der Waals surface area contributed by atoms with Crippen LogP contribution in [0.15, 0.2) is 22.7 Å². The van der Waals surface area contributed by atoms with Crippen LogP contribution in [0, 0.1) is 0 Å². The SMILES string of the molecule is O=C(O)C1=CS[C@@H]2/C(=C\c3cc4n(n3)CCO4)C(=O)N12. The summed E-state index contributed by atoms with van der Waals surface area (Å²) in [5.41, 5.74) is 1.27. The molecule has 7 nitrogen and oxygen atoms in total. The highest BCUT2D eigenvalue weighted by molar-refractivity contribution is 8.03. The lowest BCUT2D eigenvalue weighted by Gasteiger charge is -2.36. The van der Waals surface area contributed by atoms with Crippen molar-refractivity contribution in [3.8, 4) is 5.88 Å². The fraction of sp³-hybridized carbons (Fsp3) is 0.250. The van der Waals surface area contributed by atoms with Gasteiger partial charge in [-0.1, -0.05) is 0 Å². The topological polar surface area (TPSA) is 84.7 Å². The molecule has 4 heterocycles. The number of carbonyl (C=O) groups is 2. The predicted octanol–water partition coefficient (Wildman–Crippen LogP) is 0.500. The molecule has 1 fully saturated rings. The van der Waals surface area contributed by atoms with Gasteiger partial charge in [-0.15, -0.1) is 11.8 Å². The number of nitrogens with zero attached hydrogens (tertiary/aromatic N) is 3. The molecule has 1 aromatic rings. The Morgan fingerprint density at radius 1 is 1.60 bits per heavy atom. The lowest BCUT2D eigenvalue weighted by molar-refractivity contribution is -0.141. The lowest BCUT2D eigenvalue weighted by Crippen LogP contribution is -2.51. The van der Waals surface area contributed by atoms with Gasteiger partial charge in [-0.2, -0.15) is 5.10 Å². The van der Waals surface area contributed by atoms with Gasteiger partial charge in [0, 0.05) is 11.5 Å². The van der Waals surface area contributed by atoms with Crippen LogP contribution in [0.3, 0.4) is 0 Å². The minimum Gasteiger partial charge on any atom is -0.477 e. The van der Waals surface area contributed by atoms with Crippen molar-refractivity contribution in [2.75, 3.05) is 6.61 Å². The number of hydrogen-bond acceptors (Lipinski definition) is 5. The third kappa shape index (κ3) is 1.45. The highest BCUT2D eigenvalue weighted by Gasteiger charge is 2.49. The van der Waals surface area contributed by atoms with Crippen molar-refractivity contribution in [1.29, 1.82) is 0 Å². The highest BCUT2D eigenvalue weighted by Crippen LogP contribution is 2.45. The highest BCUT2D eigenvalue weighted by atomic mass is 32.2. The summed E-state index contributed by atoms with van der Waals surface area (Å²) in [5.74, 6) is -0.659. The lowest BCUT2D eigenvalue weighted by atomic mass is 10.0. The standard InChI is InChI=1S/C12H9N3O4S/c16-10-7(11-15(10)8(5-20-11)12(17)18)3-6-4-9-14(13-6)1-2-19-9/h3-5,11H,1-2H2,(H,17,18)/b7-3-/t11-/m1/s1. The normalized spacial score (nSPS) is 25.1. The van der Waals surface area contributed by atoms with E-state index in [4.69, 9.17) is 9.84 Å². The largest absolute Gasteiger partial charge is 0.477 e. The van der Waals surface area contributed by atoms with Crippen LogP contribution in [0.1, 0.15) is 5.69 Å². The van der Waals surface area contributed by atoms with E-state index in [0.29, 0.717) is 30.3 Å². The Morgan fingerprint density at radius 3 is 3.20 bits per heavy atom. The first-order chi connectivity index (χ1) is 9.65. The fourth-order valence-electron chi connectivity index (χ4n) is 2.43. The summed E-state index contributed by atoms with van der Waals surface area (Å²) in [5, 5.41) is 14.6. The van der Waals surface area contributed by atoms with E-state index < -0.39 is 5.97 Å². The molecule has 20 heavy (non-hydrogen) atoms. The molecular weight excluding hydrogens is 282 g/mol. The van der Waals surface area contributed by atoms with Crippen LogP contribution < -0.4 is 4.74 Å². The van der Waals surface area contributed by atoms with Crippen LogP contribution >= 0.6 is 11.8 Å². The van der Waals surface area contributed by atoms with Crippen molar-refractivity contribution in [2.24, 2.45) is 0 Å². The Morgan fingerprint density at radius 2 is 2.45 bits per heavy atom. The van der Waals surface area contributed by atoms with Gasteiger partial charge in [0.05, 0.1) is 17.8 Å². The second kappa shape index (κ2) is 3.89. The molecule has 0 aliphatic carbocycles. The Balaban J connectivity index is 1.61. The number of fused-ring (bicyclic) bond motifs is 2. The number of thioether (sulfide) groups is 1. The number of hydrogen-bond donors (Lipinski definition) is 1. The maximum atomic E-state index is 12.0. The molecule has 1 saturated heterocycles. The van der Waals surface area contributed by atoms with Crippen LogP contribution in [0.2, 0.25) is 0 Å². The minimum atomic E-state index is -1.08. The third-order valence-electron chi connectivity index (χ3n) is 3.37. The second-order valence-corrected chi connectivity index (χ2v) is 5.50. The van der Waals surface area contributed by atoms with Crippen molar-refractivity contribution in [3.05, 3.63) is 28.4 Å². The molecule has 0 bridgehead atoms. The quantitative estimate of drug-likeness (QED) is 0.631. The van der Waals surface area contributed by atoms with E-state index in [1.807, 2.05) is 0 Å². The summed E-state index contributed by atoms with van der Waals surface area (Å²) in [6.45, 7) is 1.33. The maximum absolute atomic E-state index is 12.0. The van der Waals surface area contributed by atoms with E-state index in [9.17, 15) is 9.59 Å². The number of aromatic nitrogens is 2. The zero-order valence-corrected chi connectivity index (χ0v) is 11.0. The van der Waals surface area contributed by atoms with E-state index in [-0.39, 0.29) is 17.0 Å². The molecule has 0 saturated carbocycles. The molecule has 1 amide bonds.